The van der Waals surface area contributed by atoms with Crippen LogP contribution in [0.15, 0.2) is 30.3 Å². The molecule has 0 bridgehead atoms. The van der Waals surface area contributed by atoms with Gasteiger partial charge in [0.25, 0.3) is 5.91 Å². The number of carbonyl (C=O) groups excluding carboxylic acids is 2. The van der Waals surface area contributed by atoms with E-state index in [2.05, 4.69) is 5.32 Å². The lowest BCUT2D eigenvalue weighted by atomic mass is 9.93. The van der Waals surface area contributed by atoms with Gasteiger partial charge in [-0.25, -0.2) is 0 Å². The molecular weight excluding hydrogens is 388 g/mol. The van der Waals surface area contributed by atoms with Gasteiger partial charge in [0.15, 0.2) is 11.5 Å². The van der Waals surface area contributed by atoms with Gasteiger partial charge < -0.3 is 29.2 Å². The average molecular weight is 414 g/mol. The highest BCUT2D eigenvalue weighted by Crippen LogP contribution is 2.39. The molecule has 0 radical (unpaired) electrons. The van der Waals surface area contributed by atoms with E-state index >= 15 is 0 Å². The number of carbonyl (C=O) groups is 2. The summed E-state index contributed by atoms with van der Waals surface area (Å²) in [5.74, 6) is 1.32. The molecule has 2 amide bonds. The van der Waals surface area contributed by atoms with Crippen LogP contribution in [0.25, 0.3) is 0 Å². The predicted octanol–water partition coefficient (Wildman–Crippen LogP) is 3.35. The summed E-state index contributed by atoms with van der Waals surface area (Å²) >= 11 is 0. The van der Waals surface area contributed by atoms with E-state index in [0.717, 1.165) is 0 Å². The topological polar surface area (TPSA) is 86.3 Å². The van der Waals surface area contributed by atoms with Crippen molar-refractivity contribution < 1.29 is 28.5 Å². The van der Waals surface area contributed by atoms with Gasteiger partial charge in [-0.2, -0.15) is 0 Å². The molecule has 1 N–H and O–H groups in total. The third-order valence-corrected chi connectivity index (χ3v) is 4.98. The fraction of sp³-hybridized carbons (Fsp3) is 0.364. The number of hydrogen-bond acceptors (Lipinski definition) is 6. The number of anilines is 2. The van der Waals surface area contributed by atoms with Crippen LogP contribution < -0.4 is 29.2 Å². The first-order valence-electron chi connectivity index (χ1n) is 9.38. The highest BCUT2D eigenvalue weighted by Gasteiger charge is 2.36. The van der Waals surface area contributed by atoms with Crippen molar-refractivity contribution in [2.24, 2.45) is 5.41 Å². The number of fused-ring (bicyclic) bond motifs is 1. The minimum absolute atomic E-state index is 0.0320. The zero-order valence-electron chi connectivity index (χ0n) is 18.0. The Bertz CT molecular complexity index is 961. The Morgan fingerprint density at radius 3 is 2.27 bits per heavy atom. The zero-order valence-corrected chi connectivity index (χ0v) is 18.0. The van der Waals surface area contributed by atoms with E-state index in [1.165, 1.54) is 21.3 Å². The maximum absolute atomic E-state index is 12.8. The number of ether oxygens (including phenoxy) is 4. The first-order valence-corrected chi connectivity index (χ1v) is 9.38. The van der Waals surface area contributed by atoms with Crippen LogP contribution in [0.4, 0.5) is 11.4 Å². The molecule has 160 valence electrons. The molecule has 0 unspecified atom stereocenters. The third-order valence-electron chi connectivity index (χ3n) is 4.98. The van der Waals surface area contributed by atoms with Gasteiger partial charge in [-0.05, 0) is 38.1 Å². The Labute approximate surface area is 175 Å². The van der Waals surface area contributed by atoms with Crippen LogP contribution in [0.1, 0.15) is 24.2 Å². The number of rotatable bonds is 5. The SMILES string of the molecule is COc1cc(C(=O)Nc2ccc3c(c2)OCC(C)(C)C(=O)N3C)cc(OC)c1OC. The molecule has 0 aliphatic carbocycles. The Morgan fingerprint density at radius 2 is 1.70 bits per heavy atom. The van der Waals surface area contributed by atoms with Crippen molar-refractivity contribution in [3.05, 3.63) is 35.9 Å². The Hall–Kier alpha value is -3.42. The third kappa shape index (κ3) is 3.85. The second-order valence-corrected chi connectivity index (χ2v) is 7.59. The molecular formula is C22H26N2O6. The van der Waals surface area contributed by atoms with Gasteiger partial charge in [0.1, 0.15) is 12.4 Å². The molecule has 1 aliphatic heterocycles. The van der Waals surface area contributed by atoms with Crippen LogP contribution in [0.5, 0.6) is 23.0 Å². The average Bonchev–Trinajstić information content (AvgIpc) is 2.82. The van der Waals surface area contributed by atoms with E-state index in [1.807, 2.05) is 13.8 Å². The van der Waals surface area contributed by atoms with Crippen LogP contribution in [-0.4, -0.2) is 46.8 Å². The predicted molar refractivity (Wildman–Crippen MR) is 113 cm³/mol. The summed E-state index contributed by atoms with van der Waals surface area (Å²) in [6, 6.07) is 8.33. The molecule has 0 aromatic heterocycles. The first kappa shape index (κ1) is 21.3. The smallest absolute Gasteiger partial charge is 0.255 e. The van der Waals surface area contributed by atoms with Crippen LogP contribution in [0.3, 0.4) is 0 Å². The number of amides is 2. The van der Waals surface area contributed by atoms with Gasteiger partial charge in [0, 0.05) is 24.4 Å². The molecule has 2 aromatic carbocycles. The summed E-state index contributed by atoms with van der Waals surface area (Å²) in [5, 5.41) is 2.84. The Kier molecular flexibility index (Phi) is 5.78. The monoisotopic (exact) mass is 414 g/mol. The van der Waals surface area contributed by atoms with Gasteiger partial charge >= 0.3 is 0 Å². The number of nitrogens with one attached hydrogen (secondary N) is 1. The lowest BCUT2D eigenvalue weighted by Gasteiger charge is -2.24. The van der Waals surface area contributed by atoms with Crippen molar-refractivity contribution in [3.63, 3.8) is 0 Å². The molecule has 0 fully saturated rings. The number of nitrogens with zero attached hydrogens (tertiary/aromatic N) is 1. The highest BCUT2D eigenvalue weighted by atomic mass is 16.5. The zero-order chi connectivity index (χ0) is 22.1. The van der Waals surface area contributed by atoms with Crippen molar-refractivity contribution in [1.29, 1.82) is 0 Å². The van der Waals surface area contributed by atoms with Crippen LogP contribution in [0, 0.1) is 5.41 Å². The fourth-order valence-corrected chi connectivity index (χ4v) is 3.28. The van der Waals surface area contributed by atoms with E-state index in [-0.39, 0.29) is 18.4 Å². The fourth-order valence-electron chi connectivity index (χ4n) is 3.28. The van der Waals surface area contributed by atoms with Crippen LogP contribution in [-0.2, 0) is 4.79 Å². The van der Waals surface area contributed by atoms with Crippen LogP contribution >= 0.6 is 0 Å². The molecule has 30 heavy (non-hydrogen) atoms. The summed E-state index contributed by atoms with van der Waals surface area (Å²) in [5.41, 5.74) is 0.881. The molecule has 2 aromatic rings. The molecule has 0 saturated carbocycles. The summed E-state index contributed by atoms with van der Waals surface area (Å²) in [6.45, 7) is 3.92. The summed E-state index contributed by atoms with van der Waals surface area (Å²) < 4.78 is 21.8. The normalized spacial score (nSPS) is 14.9. The molecule has 1 aliphatic rings. The molecule has 8 nitrogen and oxygen atoms in total. The van der Waals surface area contributed by atoms with Crippen molar-refractivity contribution in [2.45, 2.75) is 13.8 Å². The standard InChI is InChI=1S/C22H26N2O6/c1-22(2)12-30-16-11-14(7-8-15(16)24(3)21(22)26)23-20(25)13-9-17(27-4)19(29-6)18(10-13)28-5/h7-11H,12H2,1-6H3,(H,23,25). The van der Waals surface area contributed by atoms with E-state index in [1.54, 1.807) is 42.3 Å². The van der Waals surface area contributed by atoms with Gasteiger partial charge in [0.2, 0.25) is 11.7 Å². The summed E-state index contributed by atoms with van der Waals surface area (Å²) in [6.07, 6.45) is 0. The van der Waals surface area contributed by atoms with Crippen molar-refractivity contribution >= 4 is 23.2 Å². The second-order valence-electron chi connectivity index (χ2n) is 7.59. The highest BCUT2D eigenvalue weighted by molar-refractivity contribution is 6.06. The molecule has 0 atom stereocenters. The van der Waals surface area contributed by atoms with Crippen LogP contribution in [0.2, 0.25) is 0 Å². The van der Waals surface area contributed by atoms with E-state index in [4.69, 9.17) is 18.9 Å². The van der Waals surface area contributed by atoms with Crippen molar-refractivity contribution in [3.8, 4) is 23.0 Å². The largest absolute Gasteiger partial charge is 0.493 e. The lowest BCUT2D eigenvalue weighted by Crippen LogP contribution is -2.39. The van der Waals surface area contributed by atoms with Crippen molar-refractivity contribution in [2.75, 3.05) is 45.2 Å². The number of hydrogen-bond donors (Lipinski definition) is 1. The van der Waals surface area contributed by atoms with E-state index in [9.17, 15) is 9.59 Å². The summed E-state index contributed by atoms with van der Waals surface area (Å²) in [4.78, 5) is 27.0. The van der Waals surface area contributed by atoms with Gasteiger partial charge in [-0.1, -0.05) is 0 Å². The van der Waals surface area contributed by atoms with E-state index < -0.39 is 5.41 Å². The quantitative estimate of drug-likeness (QED) is 0.808. The minimum Gasteiger partial charge on any atom is -0.493 e. The molecule has 8 heteroatoms. The number of benzene rings is 2. The maximum atomic E-state index is 12.8. The first-order chi connectivity index (χ1) is 14.2. The molecule has 1 heterocycles. The van der Waals surface area contributed by atoms with Crippen molar-refractivity contribution in [1.82, 2.24) is 0 Å². The second kappa shape index (κ2) is 8.14. The van der Waals surface area contributed by atoms with Gasteiger partial charge in [-0.15, -0.1) is 0 Å². The van der Waals surface area contributed by atoms with Gasteiger partial charge in [0.05, 0.1) is 32.4 Å². The minimum atomic E-state index is -0.645. The lowest BCUT2D eigenvalue weighted by molar-refractivity contribution is -0.127. The Morgan fingerprint density at radius 1 is 1.07 bits per heavy atom. The summed E-state index contributed by atoms with van der Waals surface area (Å²) in [7, 11) is 6.19. The molecule has 0 saturated heterocycles. The number of methoxy groups -OCH3 is 3. The maximum Gasteiger partial charge on any atom is 0.255 e. The van der Waals surface area contributed by atoms with Gasteiger partial charge in [-0.3, -0.25) is 9.59 Å². The van der Waals surface area contributed by atoms with E-state index in [0.29, 0.717) is 39.9 Å². The molecule has 0 spiro atoms. The Balaban J connectivity index is 1.89. The molecule has 3 rings (SSSR count).